The minimum absolute atomic E-state index is 0.0459. The Hall–Kier alpha value is -2.74. The van der Waals surface area contributed by atoms with Crippen LogP contribution in [0.25, 0.3) is 11.1 Å². The van der Waals surface area contributed by atoms with E-state index >= 15 is 0 Å². The second-order valence-corrected chi connectivity index (χ2v) is 6.08. The molecule has 0 aliphatic carbocycles. The van der Waals surface area contributed by atoms with Crippen molar-refractivity contribution in [1.82, 2.24) is 4.98 Å². The molecule has 120 valence electrons. The van der Waals surface area contributed by atoms with E-state index in [0.29, 0.717) is 22.6 Å². The molecule has 1 heterocycles. The first kappa shape index (κ1) is 15.2. The van der Waals surface area contributed by atoms with Gasteiger partial charge >= 0.3 is 10.1 Å². The van der Waals surface area contributed by atoms with Gasteiger partial charge in [0.25, 0.3) is 0 Å². The van der Waals surface area contributed by atoms with E-state index < -0.39 is 10.1 Å². The number of benzene rings is 2. The molecule has 0 spiro atoms. The van der Waals surface area contributed by atoms with Crippen LogP contribution in [0.1, 0.15) is 0 Å². The molecule has 0 aliphatic heterocycles. The summed E-state index contributed by atoms with van der Waals surface area (Å²) in [5.41, 5.74) is 1.05. The second kappa shape index (κ2) is 5.81. The normalized spacial score (nSPS) is 11.4. The summed E-state index contributed by atoms with van der Waals surface area (Å²) in [5.74, 6) is 0.862. The molecule has 2 aromatic carbocycles. The minimum Gasteiger partial charge on any atom is -0.493 e. The zero-order valence-corrected chi connectivity index (χ0v) is 13.2. The first-order chi connectivity index (χ1) is 11.0. The van der Waals surface area contributed by atoms with Crippen molar-refractivity contribution in [3.8, 4) is 17.2 Å². The molecule has 0 unspecified atom stereocenters. The van der Waals surface area contributed by atoms with Crippen LogP contribution >= 0.6 is 0 Å². The highest BCUT2D eigenvalue weighted by Crippen LogP contribution is 2.31. The van der Waals surface area contributed by atoms with E-state index in [9.17, 15) is 8.42 Å². The van der Waals surface area contributed by atoms with Crippen LogP contribution in [-0.4, -0.2) is 27.6 Å². The van der Waals surface area contributed by atoms with Crippen LogP contribution in [0.15, 0.2) is 52.1 Å². The molecule has 0 saturated carbocycles. The Morgan fingerprint density at radius 3 is 2.52 bits per heavy atom. The number of ether oxygens (including phenoxy) is 2. The van der Waals surface area contributed by atoms with Crippen molar-refractivity contribution in [2.75, 3.05) is 14.2 Å². The average molecular weight is 335 g/mol. The van der Waals surface area contributed by atoms with Crippen molar-refractivity contribution in [2.24, 2.45) is 0 Å². The van der Waals surface area contributed by atoms with Gasteiger partial charge in [0.1, 0.15) is 16.2 Å². The van der Waals surface area contributed by atoms with E-state index in [-0.39, 0.29) is 10.6 Å². The number of hydrogen-bond donors (Lipinski definition) is 0. The van der Waals surface area contributed by atoms with Crippen LogP contribution in [0.3, 0.4) is 0 Å². The zero-order chi connectivity index (χ0) is 16.4. The highest BCUT2D eigenvalue weighted by Gasteiger charge is 2.19. The highest BCUT2D eigenvalue weighted by molar-refractivity contribution is 7.87. The maximum absolute atomic E-state index is 12.4. The van der Waals surface area contributed by atoms with Crippen molar-refractivity contribution in [1.29, 1.82) is 0 Å². The Kier molecular flexibility index (Phi) is 3.83. The van der Waals surface area contributed by atoms with Crippen LogP contribution in [-0.2, 0) is 10.1 Å². The maximum atomic E-state index is 12.4. The van der Waals surface area contributed by atoms with Crippen molar-refractivity contribution in [3.05, 3.63) is 42.8 Å². The molecule has 0 radical (unpaired) electrons. The lowest BCUT2D eigenvalue weighted by Crippen LogP contribution is -2.10. The Morgan fingerprint density at radius 1 is 1.00 bits per heavy atom. The molecule has 0 amide bonds. The summed E-state index contributed by atoms with van der Waals surface area (Å²) in [5, 5.41) is 0. The van der Waals surface area contributed by atoms with Gasteiger partial charge in [0.05, 0.1) is 14.2 Å². The number of methoxy groups -OCH3 is 2. The predicted octanol–water partition coefficient (Wildman–Crippen LogP) is 2.61. The first-order valence-corrected chi connectivity index (χ1v) is 7.94. The van der Waals surface area contributed by atoms with Crippen LogP contribution in [0.4, 0.5) is 0 Å². The highest BCUT2D eigenvalue weighted by atomic mass is 32.2. The minimum atomic E-state index is -4.02. The van der Waals surface area contributed by atoms with Crippen LogP contribution in [0, 0.1) is 0 Å². The molecular formula is C15H13NO6S. The summed E-state index contributed by atoms with van der Waals surface area (Å²) < 4.78 is 45.2. The third-order valence-electron chi connectivity index (χ3n) is 3.15. The van der Waals surface area contributed by atoms with Gasteiger partial charge in [-0.25, -0.2) is 4.98 Å². The molecule has 0 fully saturated rings. The molecule has 0 saturated heterocycles. The lowest BCUT2D eigenvalue weighted by molar-refractivity contribution is 0.353. The number of nitrogens with zero attached hydrogens (tertiary/aromatic N) is 1. The second-order valence-electron chi connectivity index (χ2n) is 4.54. The molecule has 0 bridgehead atoms. The number of aromatic nitrogens is 1. The molecular weight excluding hydrogens is 322 g/mol. The van der Waals surface area contributed by atoms with Gasteiger partial charge in [-0.2, -0.15) is 8.42 Å². The summed E-state index contributed by atoms with van der Waals surface area (Å²) in [6.07, 6.45) is 1.28. The van der Waals surface area contributed by atoms with Crippen molar-refractivity contribution >= 4 is 21.2 Å². The largest absolute Gasteiger partial charge is 0.493 e. The summed E-state index contributed by atoms with van der Waals surface area (Å²) in [7, 11) is -1.12. The third-order valence-corrected chi connectivity index (χ3v) is 4.39. The van der Waals surface area contributed by atoms with Crippen LogP contribution < -0.4 is 13.7 Å². The Bertz CT molecular complexity index is 948. The van der Waals surface area contributed by atoms with E-state index in [0.717, 1.165) is 0 Å². The first-order valence-electron chi connectivity index (χ1n) is 6.53. The van der Waals surface area contributed by atoms with Gasteiger partial charge in [0.15, 0.2) is 23.5 Å². The fourth-order valence-corrected chi connectivity index (χ4v) is 2.98. The lowest BCUT2D eigenvalue weighted by atomic mass is 10.3. The Labute approximate surface area is 132 Å². The Balaban J connectivity index is 1.94. The number of oxazole rings is 1. The quantitative estimate of drug-likeness (QED) is 0.662. The van der Waals surface area contributed by atoms with Crippen LogP contribution in [0.5, 0.6) is 17.2 Å². The van der Waals surface area contributed by atoms with E-state index in [1.54, 1.807) is 6.07 Å². The van der Waals surface area contributed by atoms with Crippen molar-refractivity contribution < 1.29 is 26.5 Å². The molecule has 1 aromatic heterocycles. The molecule has 3 aromatic rings. The SMILES string of the molecule is COc1ccc(S(=O)(=O)Oc2ccc3ocnc3c2)cc1OC. The monoisotopic (exact) mass is 335 g/mol. The molecule has 0 atom stereocenters. The van der Waals surface area contributed by atoms with E-state index in [1.165, 1.54) is 50.9 Å². The van der Waals surface area contributed by atoms with E-state index in [4.69, 9.17) is 18.1 Å². The van der Waals surface area contributed by atoms with Gasteiger partial charge in [-0.15, -0.1) is 0 Å². The fourth-order valence-electron chi connectivity index (χ4n) is 2.04. The predicted molar refractivity (Wildman–Crippen MR) is 81.4 cm³/mol. The van der Waals surface area contributed by atoms with Crippen LogP contribution in [0.2, 0.25) is 0 Å². The van der Waals surface area contributed by atoms with E-state index in [2.05, 4.69) is 4.98 Å². The van der Waals surface area contributed by atoms with Gasteiger partial charge in [-0.05, 0) is 24.3 Å². The molecule has 7 nitrogen and oxygen atoms in total. The third kappa shape index (κ3) is 2.93. The van der Waals surface area contributed by atoms with Gasteiger partial charge in [-0.1, -0.05) is 0 Å². The summed E-state index contributed by atoms with van der Waals surface area (Å²) in [4.78, 5) is 3.91. The molecule has 0 aliphatic rings. The fraction of sp³-hybridized carbons (Fsp3) is 0.133. The number of fused-ring (bicyclic) bond motifs is 1. The molecule has 3 rings (SSSR count). The Morgan fingerprint density at radius 2 is 1.78 bits per heavy atom. The lowest BCUT2D eigenvalue weighted by Gasteiger charge is -2.10. The zero-order valence-electron chi connectivity index (χ0n) is 12.3. The standard InChI is InChI=1S/C15H13NO6S/c1-19-14-6-4-11(8-15(14)20-2)23(17,18)22-10-3-5-13-12(7-10)16-9-21-13/h3-9H,1-2H3. The van der Waals surface area contributed by atoms with Crippen molar-refractivity contribution in [3.63, 3.8) is 0 Å². The van der Waals surface area contributed by atoms with Gasteiger partial charge in [-0.3, -0.25) is 0 Å². The summed E-state index contributed by atoms with van der Waals surface area (Å²) in [6, 6.07) is 8.77. The summed E-state index contributed by atoms with van der Waals surface area (Å²) >= 11 is 0. The van der Waals surface area contributed by atoms with Crippen molar-refractivity contribution in [2.45, 2.75) is 4.90 Å². The molecule has 8 heteroatoms. The topological polar surface area (TPSA) is 87.9 Å². The number of rotatable bonds is 5. The van der Waals surface area contributed by atoms with Gasteiger partial charge < -0.3 is 18.1 Å². The van der Waals surface area contributed by atoms with E-state index in [1.807, 2.05) is 0 Å². The summed E-state index contributed by atoms with van der Waals surface area (Å²) in [6.45, 7) is 0. The maximum Gasteiger partial charge on any atom is 0.339 e. The van der Waals surface area contributed by atoms with Gasteiger partial charge in [0.2, 0.25) is 0 Å². The van der Waals surface area contributed by atoms with Gasteiger partial charge in [0, 0.05) is 12.1 Å². The average Bonchev–Trinajstić information content (AvgIpc) is 3.01. The molecule has 23 heavy (non-hydrogen) atoms. The smallest absolute Gasteiger partial charge is 0.339 e. The number of hydrogen-bond acceptors (Lipinski definition) is 7. The molecule has 0 N–H and O–H groups in total.